The van der Waals surface area contributed by atoms with Gasteiger partial charge in [-0.25, -0.2) is 0 Å². The average molecular weight is 784 g/mol. The number of rotatable bonds is 19. The monoisotopic (exact) mass is 783 g/mol. The summed E-state index contributed by atoms with van der Waals surface area (Å²) in [5.74, 6) is 1.83. The molecule has 0 saturated heterocycles. The van der Waals surface area contributed by atoms with E-state index >= 15 is 0 Å². The van der Waals surface area contributed by atoms with Crippen LogP contribution in [0.1, 0.15) is 78.1 Å². The molecule has 1 atom stereocenters. The Bertz CT molecular complexity index is 1810. The molecule has 0 spiro atoms. The van der Waals surface area contributed by atoms with Gasteiger partial charge in [-0.1, -0.05) is 88.8 Å². The van der Waals surface area contributed by atoms with Crippen LogP contribution in [0.2, 0.25) is 0 Å². The SMILES string of the molecule is C=C/C=C\C=C(/C)C[C@H](NCCCOc1cc2nccc(Oc3ccc(NC(=O)c4ccccc4)cc3)c2cc1OC)C(=O)OCC.CC.CCC.CCOC=O. The minimum Gasteiger partial charge on any atom is -0.493 e. The lowest BCUT2D eigenvalue weighted by Gasteiger charge is -2.18. The fourth-order valence-corrected chi connectivity index (χ4v) is 4.78. The van der Waals surface area contributed by atoms with Crippen molar-refractivity contribution < 1.29 is 38.1 Å². The molecule has 57 heavy (non-hydrogen) atoms. The second-order valence-corrected chi connectivity index (χ2v) is 11.8. The summed E-state index contributed by atoms with van der Waals surface area (Å²) in [6.07, 6.45) is 11.5. The summed E-state index contributed by atoms with van der Waals surface area (Å²) < 4.78 is 27.3. The van der Waals surface area contributed by atoms with Crippen molar-refractivity contribution in [1.29, 1.82) is 0 Å². The number of allylic oxidation sites excluding steroid dienone is 4. The lowest BCUT2D eigenvalue weighted by molar-refractivity contribution is -0.145. The van der Waals surface area contributed by atoms with Crippen molar-refractivity contribution >= 4 is 34.9 Å². The van der Waals surface area contributed by atoms with Gasteiger partial charge >= 0.3 is 5.97 Å². The number of benzene rings is 3. The highest BCUT2D eigenvalue weighted by Gasteiger charge is 2.19. The van der Waals surface area contributed by atoms with Gasteiger partial charge in [-0.2, -0.15) is 0 Å². The molecule has 308 valence electrons. The van der Waals surface area contributed by atoms with E-state index in [1.807, 2.05) is 69.3 Å². The molecule has 0 bridgehead atoms. The van der Waals surface area contributed by atoms with E-state index in [-0.39, 0.29) is 11.9 Å². The molecular weight excluding hydrogens is 723 g/mol. The van der Waals surface area contributed by atoms with Crippen LogP contribution in [0.15, 0.2) is 115 Å². The topological polar surface area (TPSA) is 134 Å². The minimum atomic E-state index is -0.453. The Hall–Kier alpha value is -5.94. The Morgan fingerprint density at radius 3 is 2.19 bits per heavy atom. The van der Waals surface area contributed by atoms with Gasteiger partial charge in [-0.05, 0) is 88.7 Å². The summed E-state index contributed by atoms with van der Waals surface area (Å²) >= 11 is 0. The van der Waals surface area contributed by atoms with E-state index in [0.717, 1.165) is 11.0 Å². The van der Waals surface area contributed by atoms with Gasteiger partial charge in [-0.3, -0.25) is 19.4 Å². The number of pyridine rings is 1. The number of fused-ring (bicyclic) bond motifs is 1. The molecule has 0 unspecified atom stereocenters. The molecule has 0 aliphatic rings. The molecule has 11 nitrogen and oxygen atoms in total. The van der Waals surface area contributed by atoms with E-state index in [2.05, 4.69) is 40.8 Å². The van der Waals surface area contributed by atoms with E-state index in [9.17, 15) is 14.4 Å². The molecule has 0 radical (unpaired) electrons. The zero-order valence-corrected chi connectivity index (χ0v) is 34.8. The maximum Gasteiger partial charge on any atom is 0.323 e. The number of nitrogens with zero attached hydrogens (tertiary/aromatic N) is 1. The van der Waals surface area contributed by atoms with Crippen LogP contribution in [0.3, 0.4) is 0 Å². The lowest BCUT2D eigenvalue weighted by Crippen LogP contribution is -2.39. The number of nitrogens with one attached hydrogen (secondary N) is 2. The Labute approximate surface area is 339 Å². The van der Waals surface area contributed by atoms with E-state index in [1.54, 1.807) is 75.7 Å². The first-order valence-corrected chi connectivity index (χ1v) is 19.4. The number of methoxy groups -OCH3 is 1. The quantitative estimate of drug-likeness (QED) is 0.0410. The van der Waals surface area contributed by atoms with Crippen molar-refractivity contribution in [3.05, 3.63) is 121 Å². The third-order valence-corrected chi connectivity index (χ3v) is 7.29. The van der Waals surface area contributed by atoms with Crippen molar-refractivity contribution in [3.63, 3.8) is 0 Å². The van der Waals surface area contributed by atoms with Crippen LogP contribution in [0.5, 0.6) is 23.0 Å². The van der Waals surface area contributed by atoms with Gasteiger partial charge in [-0.15, -0.1) is 0 Å². The maximum atomic E-state index is 12.5. The van der Waals surface area contributed by atoms with Crippen LogP contribution < -0.4 is 24.8 Å². The second kappa shape index (κ2) is 30.3. The van der Waals surface area contributed by atoms with Gasteiger partial charge in [0, 0.05) is 28.9 Å². The molecule has 0 aliphatic heterocycles. The molecular formula is C46H61N3O8. The predicted molar refractivity (Wildman–Crippen MR) is 230 cm³/mol. The molecule has 1 amide bonds. The highest BCUT2D eigenvalue weighted by atomic mass is 16.5. The normalized spacial score (nSPS) is 10.9. The number of carbonyl (C=O) groups is 3. The van der Waals surface area contributed by atoms with E-state index in [4.69, 9.17) is 18.9 Å². The fraction of sp³-hybridized carbons (Fsp3) is 0.348. The van der Waals surface area contributed by atoms with Crippen LogP contribution in [-0.4, -0.2) is 62.8 Å². The lowest BCUT2D eigenvalue weighted by atomic mass is 10.1. The Morgan fingerprint density at radius 2 is 1.60 bits per heavy atom. The van der Waals surface area contributed by atoms with Crippen molar-refractivity contribution in [2.45, 2.75) is 73.8 Å². The molecule has 0 aliphatic carbocycles. The zero-order chi connectivity index (χ0) is 42.3. The number of ether oxygens (including phenoxy) is 5. The minimum absolute atomic E-state index is 0.183. The first-order valence-electron chi connectivity index (χ1n) is 19.4. The van der Waals surface area contributed by atoms with E-state index < -0.39 is 6.04 Å². The van der Waals surface area contributed by atoms with Gasteiger partial charge in [0.15, 0.2) is 11.5 Å². The summed E-state index contributed by atoms with van der Waals surface area (Å²) in [5, 5.41) is 6.94. The molecule has 2 N–H and O–H groups in total. The molecule has 11 heteroatoms. The molecule has 0 saturated carbocycles. The van der Waals surface area contributed by atoms with Gasteiger partial charge in [0.2, 0.25) is 0 Å². The summed E-state index contributed by atoms with van der Waals surface area (Å²) in [6.45, 7) is 19.6. The van der Waals surface area contributed by atoms with Crippen molar-refractivity contribution in [2.75, 3.05) is 38.8 Å². The molecule has 1 aromatic heterocycles. The van der Waals surface area contributed by atoms with Crippen molar-refractivity contribution in [3.8, 4) is 23.0 Å². The first kappa shape index (κ1) is 49.1. The fourth-order valence-electron chi connectivity index (χ4n) is 4.78. The number of esters is 1. The number of amides is 1. The van der Waals surface area contributed by atoms with Gasteiger partial charge < -0.3 is 34.3 Å². The Morgan fingerprint density at radius 1 is 0.895 bits per heavy atom. The van der Waals surface area contributed by atoms with Crippen LogP contribution in [0.4, 0.5) is 5.69 Å². The molecule has 1 heterocycles. The second-order valence-electron chi connectivity index (χ2n) is 11.8. The number of aromatic nitrogens is 1. The number of hydrogen-bond acceptors (Lipinski definition) is 10. The van der Waals surface area contributed by atoms with E-state index in [1.165, 1.54) is 6.42 Å². The summed E-state index contributed by atoms with van der Waals surface area (Å²) in [5.41, 5.74) is 2.97. The van der Waals surface area contributed by atoms with Crippen molar-refractivity contribution in [1.82, 2.24) is 10.3 Å². The Kier molecular flexibility index (Phi) is 26.1. The standard InChI is InChI=1S/C38H41N3O6.C3H6O2.C3H8.C2H6/c1-5-7-9-13-27(3)24-33(38(43)45-6-2)39-21-12-23-46-36-26-32-31(25-35(36)44-4)34(20-22-40-32)47-30-18-16-29(17-19-30)41-37(42)28-14-10-8-11-15-28;1-2-5-3-4;1-3-2;1-2/h5,7-11,13-20,22,25-26,33,39H,1,6,12,21,23-24H2,2-4H3,(H,41,42);3H,2H2,1H3;3H2,1-2H3;1-2H3/b9-7-,27-13+;;;/t33-;;;/m0.../s1. The maximum absolute atomic E-state index is 12.5. The molecule has 4 aromatic rings. The van der Waals surface area contributed by atoms with Gasteiger partial charge in [0.25, 0.3) is 12.4 Å². The molecule has 3 aromatic carbocycles. The summed E-state index contributed by atoms with van der Waals surface area (Å²) in [7, 11) is 1.58. The number of carbonyl (C=O) groups excluding carboxylic acids is 3. The summed E-state index contributed by atoms with van der Waals surface area (Å²) in [6, 6.07) is 21.2. The third kappa shape index (κ3) is 19.0. The smallest absolute Gasteiger partial charge is 0.323 e. The van der Waals surface area contributed by atoms with Gasteiger partial charge in [0.1, 0.15) is 17.5 Å². The van der Waals surface area contributed by atoms with E-state index in [0.29, 0.717) is 85.4 Å². The zero-order valence-electron chi connectivity index (χ0n) is 34.8. The summed E-state index contributed by atoms with van der Waals surface area (Å²) in [4.78, 5) is 38.7. The number of hydrogen-bond donors (Lipinski definition) is 2. The number of anilines is 1. The largest absolute Gasteiger partial charge is 0.493 e. The highest BCUT2D eigenvalue weighted by molar-refractivity contribution is 6.04. The van der Waals surface area contributed by atoms with Crippen molar-refractivity contribution in [2.24, 2.45) is 0 Å². The van der Waals surface area contributed by atoms with Gasteiger partial charge in [0.05, 0.1) is 32.4 Å². The molecule has 0 fully saturated rings. The molecule has 4 rings (SSSR count). The van der Waals surface area contributed by atoms with Crippen LogP contribution in [0.25, 0.3) is 10.9 Å². The first-order chi connectivity index (χ1) is 27.7. The van der Waals surface area contributed by atoms with Crippen LogP contribution in [-0.2, 0) is 19.1 Å². The highest BCUT2D eigenvalue weighted by Crippen LogP contribution is 2.37. The third-order valence-electron chi connectivity index (χ3n) is 7.29. The Balaban J connectivity index is 0.00000146. The van der Waals surface area contributed by atoms with Crippen LogP contribution in [0, 0.1) is 0 Å². The van der Waals surface area contributed by atoms with Crippen LogP contribution >= 0.6 is 0 Å². The average Bonchev–Trinajstić information content (AvgIpc) is 3.23. The predicted octanol–water partition coefficient (Wildman–Crippen LogP) is 10.3.